The molecule has 0 bridgehead atoms. The topological polar surface area (TPSA) is 17.1 Å². The summed E-state index contributed by atoms with van der Waals surface area (Å²) in [5.41, 5.74) is -1.05. The molecule has 0 radical (unpaired) electrons. The van der Waals surface area contributed by atoms with Crippen LogP contribution >= 0.6 is 46.4 Å². The van der Waals surface area contributed by atoms with Gasteiger partial charge in [0.25, 0.3) is 0 Å². The van der Waals surface area contributed by atoms with Crippen molar-refractivity contribution in [2.24, 2.45) is 0 Å². The second-order valence-corrected chi connectivity index (χ2v) is 5.34. The molecule has 0 aliphatic heterocycles. The molecule has 0 fully saturated rings. The van der Waals surface area contributed by atoms with Crippen molar-refractivity contribution in [3.63, 3.8) is 0 Å². The summed E-state index contributed by atoms with van der Waals surface area (Å²) in [5.74, 6) is -3.05. The van der Waals surface area contributed by atoms with Gasteiger partial charge in [0.1, 0.15) is 11.6 Å². The van der Waals surface area contributed by atoms with Crippen LogP contribution in [0.4, 0.5) is 8.78 Å². The Morgan fingerprint density at radius 1 is 0.850 bits per heavy atom. The maximum Gasteiger partial charge on any atom is 0.201 e. The lowest BCUT2D eigenvalue weighted by Gasteiger charge is -2.10. The normalized spacial score (nSPS) is 10.7. The molecule has 0 unspecified atom stereocenters. The number of benzene rings is 2. The molecule has 1 nitrogen and oxygen atoms in total. The average molecular weight is 356 g/mol. The van der Waals surface area contributed by atoms with E-state index in [-0.39, 0.29) is 25.7 Å². The first-order valence-electron chi connectivity index (χ1n) is 5.16. The molecule has 0 N–H and O–H groups in total. The predicted molar refractivity (Wildman–Crippen MR) is 76.3 cm³/mol. The SMILES string of the molecule is O=C(c1c(F)cccc1F)c1c(Cl)cc(Cl)c(Cl)c1Cl. The van der Waals surface area contributed by atoms with Crippen LogP contribution in [0.5, 0.6) is 0 Å². The first-order chi connectivity index (χ1) is 9.34. The lowest BCUT2D eigenvalue weighted by Crippen LogP contribution is -2.09. The number of halogens is 6. The minimum atomic E-state index is -1.02. The van der Waals surface area contributed by atoms with E-state index in [0.29, 0.717) is 0 Å². The molecule has 20 heavy (non-hydrogen) atoms. The van der Waals surface area contributed by atoms with E-state index in [1.165, 1.54) is 6.07 Å². The fourth-order valence-electron chi connectivity index (χ4n) is 1.61. The predicted octanol–water partition coefficient (Wildman–Crippen LogP) is 5.81. The van der Waals surface area contributed by atoms with E-state index in [1.807, 2.05) is 0 Å². The van der Waals surface area contributed by atoms with Gasteiger partial charge in [0.2, 0.25) is 5.78 Å². The third-order valence-corrected chi connectivity index (χ3v) is 4.09. The Bertz CT molecular complexity index is 696. The summed E-state index contributed by atoms with van der Waals surface area (Å²) >= 11 is 23.3. The molecule has 2 aromatic carbocycles. The van der Waals surface area contributed by atoms with Crippen LogP contribution < -0.4 is 0 Å². The van der Waals surface area contributed by atoms with Crippen molar-refractivity contribution < 1.29 is 13.6 Å². The van der Waals surface area contributed by atoms with Crippen molar-refractivity contribution in [1.82, 2.24) is 0 Å². The first-order valence-corrected chi connectivity index (χ1v) is 6.67. The molecule has 2 aromatic rings. The van der Waals surface area contributed by atoms with Crippen LogP contribution in [-0.4, -0.2) is 5.78 Å². The summed E-state index contributed by atoms with van der Waals surface area (Å²) in [6, 6.07) is 4.23. The lowest BCUT2D eigenvalue weighted by atomic mass is 10.0. The molecular weight excluding hydrogens is 352 g/mol. The summed E-state index contributed by atoms with van der Waals surface area (Å²) in [7, 11) is 0. The summed E-state index contributed by atoms with van der Waals surface area (Å²) in [6.45, 7) is 0. The monoisotopic (exact) mass is 354 g/mol. The van der Waals surface area contributed by atoms with E-state index in [4.69, 9.17) is 46.4 Å². The Hall–Kier alpha value is -0.870. The molecule has 2 rings (SSSR count). The highest BCUT2D eigenvalue weighted by Gasteiger charge is 2.25. The zero-order chi connectivity index (χ0) is 15.0. The summed E-state index contributed by atoms with van der Waals surface area (Å²) in [4.78, 5) is 12.2. The zero-order valence-corrected chi connectivity index (χ0v) is 12.5. The molecule has 0 aliphatic carbocycles. The number of rotatable bonds is 2. The van der Waals surface area contributed by atoms with E-state index in [1.54, 1.807) is 0 Å². The van der Waals surface area contributed by atoms with Crippen LogP contribution in [0.25, 0.3) is 0 Å². The van der Waals surface area contributed by atoms with Crippen molar-refractivity contribution in [2.75, 3.05) is 0 Å². The van der Waals surface area contributed by atoms with Crippen LogP contribution in [0.3, 0.4) is 0 Å². The Kier molecular flexibility index (Phi) is 4.55. The molecule has 0 saturated heterocycles. The van der Waals surface area contributed by atoms with E-state index in [0.717, 1.165) is 18.2 Å². The second-order valence-electron chi connectivity index (χ2n) is 3.77. The van der Waals surface area contributed by atoms with Gasteiger partial charge in [-0.15, -0.1) is 0 Å². The highest BCUT2D eigenvalue weighted by Crippen LogP contribution is 2.38. The average Bonchev–Trinajstić information content (AvgIpc) is 2.36. The number of hydrogen-bond donors (Lipinski definition) is 0. The molecule has 0 spiro atoms. The van der Waals surface area contributed by atoms with E-state index < -0.39 is 23.0 Å². The molecule has 0 aromatic heterocycles. The largest absolute Gasteiger partial charge is 0.288 e. The first kappa shape index (κ1) is 15.5. The van der Waals surface area contributed by atoms with Gasteiger partial charge in [-0.3, -0.25) is 4.79 Å². The van der Waals surface area contributed by atoms with Gasteiger partial charge < -0.3 is 0 Å². The van der Waals surface area contributed by atoms with Crippen molar-refractivity contribution in [1.29, 1.82) is 0 Å². The van der Waals surface area contributed by atoms with E-state index in [2.05, 4.69) is 0 Å². The molecule has 0 heterocycles. The number of carbonyl (C=O) groups excluding carboxylic acids is 1. The van der Waals surface area contributed by atoms with E-state index >= 15 is 0 Å². The van der Waals surface area contributed by atoms with Gasteiger partial charge in [-0.25, -0.2) is 8.78 Å². The van der Waals surface area contributed by atoms with Crippen molar-refractivity contribution >= 4 is 52.2 Å². The second kappa shape index (κ2) is 5.86. The number of hydrogen-bond acceptors (Lipinski definition) is 1. The quantitative estimate of drug-likeness (QED) is 0.377. The third-order valence-electron chi connectivity index (χ3n) is 2.53. The summed E-state index contributed by atoms with van der Waals surface area (Å²) in [5, 5.41) is -0.473. The van der Waals surface area contributed by atoms with Crippen LogP contribution in [0.2, 0.25) is 20.1 Å². The fourth-order valence-corrected chi connectivity index (χ4v) is 2.70. The van der Waals surface area contributed by atoms with Gasteiger partial charge in [0.05, 0.1) is 31.2 Å². The summed E-state index contributed by atoms with van der Waals surface area (Å²) in [6.07, 6.45) is 0. The minimum absolute atomic E-state index is 0.0345. The molecule has 0 saturated carbocycles. The summed E-state index contributed by atoms with van der Waals surface area (Å²) < 4.78 is 27.2. The number of carbonyl (C=O) groups is 1. The third kappa shape index (κ3) is 2.63. The van der Waals surface area contributed by atoms with Gasteiger partial charge >= 0.3 is 0 Å². The maximum absolute atomic E-state index is 13.6. The van der Waals surface area contributed by atoms with Gasteiger partial charge in [-0.05, 0) is 18.2 Å². The Labute approximate surface area is 133 Å². The van der Waals surface area contributed by atoms with Crippen molar-refractivity contribution in [2.45, 2.75) is 0 Å². The van der Waals surface area contributed by atoms with Crippen LogP contribution in [0.1, 0.15) is 15.9 Å². The Balaban J connectivity index is 2.70. The van der Waals surface area contributed by atoms with Crippen molar-refractivity contribution in [3.05, 3.63) is 67.1 Å². The fraction of sp³-hybridized carbons (Fsp3) is 0. The van der Waals surface area contributed by atoms with Crippen molar-refractivity contribution in [3.8, 4) is 0 Å². The lowest BCUT2D eigenvalue weighted by molar-refractivity contribution is 0.103. The Morgan fingerprint density at radius 3 is 1.95 bits per heavy atom. The molecule has 0 atom stereocenters. The van der Waals surface area contributed by atoms with Gasteiger partial charge in [0, 0.05) is 0 Å². The maximum atomic E-state index is 13.6. The highest BCUT2D eigenvalue weighted by molar-refractivity contribution is 6.51. The smallest absolute Gasteiger partial charge is 0.201 e. The number of ketones is 1. The molecule has 0 amide bonds. The van der Waals surface area contributed by atoms with Gasteiger partial charge in [-0.1, -0.05) is 52.5 Å². The standard InChI is InChI=1S/C13H4Cl4F2O/c14-5-4-6(15)11(16)12(17)9(5)13(20)10-7(18)2-1-3-8(10)19/h1-4H. The molecule has 7 heteroatoms. The van der Waals surface area contributed by atoms with Crippen LogP contribution in [0, 0.1) is 11.6 Å². The van der Waals surface area contributed by atoms with Crippen LogP contribution in [0.15, 0.2) is 24.3 Å². The van der Waals surface area contributed by atoms with Gasteiger partial charge in [0.15, 0.2) is 0 Å². The highest BCUT2D eigenvalue weighted by atomic mass is 35.5. The zero-order valence-electron chi connectivity index (χ0n) is 9.49. The van der Waals surface area contributed by atoms with Crippen LogP contribution in [-0.2, 0) is 0 Å². The Morgan fingerprint density at radius 2 is 1.40 bits per heavy atom. The van der Waals surface area contributed by atoms with E-state index in [9.17, 15) is 13.6 Å². The van der Waals surface area contributed by atoms with Gasteiger partial charge in [-0.2, -0.15) is 0 Å². The molecular formula is C13H4Cl4F2O. The molecule has 104 valence electrons. The minimum Gasteiger partial charge on any atom is -0.288 e. The molecule has 0 aliphatic rings.